The van der Waals surface area contributed by atoms with Gasteiger partial charge >= 0.3 is 0 Å². The lowest BCUT2D eigenvalue weighted by Crippen LogP contribution is -2.09. The van der Waals surface area contributed by atoms with Gasteiger partial charge in [-0.3, -0.25) is 0 Å². The number of nitrogens with zero attached hydrogens (tertiary/aromatic N) is 3. The topological polar surface area (TPSA) is 76.7 Å². The molecule has 0 spiro atoms. The van der Waals surface area contributed by atoms with E-state index in [1.807, 2.05) is 12.3 Å². The predicted molar refractivity (Wildman–Crippen MR) is 75.0 cm³/mol. The van der Waals surface area contributed by atoms with Gasteiger partial charge in [0.25, 0.3) is 0 Å². The summed E-state index contributed by atoms with van der Waals surface area (Å²) in [5, 5.41) is 2.85. The van der Waals surface area contributed by atoms with E-state index in [9.17, 15) is 0 Å². The fourth-order valence-corrected chi connectivity index (χ4v) is 2.46. The van der Waals surface area contributed by atoms with Crippen molar-refractivity contribution in [1.29, 1.82) is 0 Å². The smallest absolute Gasteiger partial charge is 0.190 e. The van der Waals surface area contributed by atoms with Gasteiger partial charge in [0.2, 0.25) is 0 Å². The largest absolute Gasteiger partial charge is 0.308 e. The molecule has 8 heteroatoms. The Hall–Kier alpha value is -1.02. The Morgan fingerprint density at radius 3 is 2.72 bits per heavy atom. The molecule has 0 bridgehead atoms. The van der Waals surface area contributed by atoms with Crippen LogP contribution < -0.4 is 11.3 Å². The van der Waals surface area contributed by atoms with Crippen molar-refractivity contribution in [2.75, 3.05) is 11.7 Å². The quantitative estimate of drug-likeness (QED) is 0.295. The van der Waals surface area contributed by atoms with Crippen molar-refractivity contribution in [1.82, 2.24) is 15.0 Å². The first-order valence-corrected chi connectivity index (χ1v) is 7.32. The Labute approximate surface area is 118 Å². The molecule has 0 saturated heterocycles. The van der Waals surface area contributed by atoms with Crippen LogP contribution in [0.4, 0.5) is 5.82 Å². The van der Waals surface area contributed by atoms with Crippen LogP contribution in [0.1, 0.15) is 0 Å². The van der Waals surface area contributed by atoms with E-state index >= 15 is 0 Å². The molecule has 2 rings (SSSR count). The predicted octanol–water partition coefficient (Wildman–Crippen LogP) is 2.68. The van der Waals surface area contributed by atoms with Crippen LogP contribution in [-0.2, 0) is 0 Å². The summed E-state index contributed by atoms with van der Waals surface area (Å²) in [5.74, 6) is 5.94. The van der Waals surface area contributed by atoms with E-state index in [1.54, 1.807) is 18.3 Å². The molecule has 94 valence electrons. The van der Waals surface area contributed by atoms with Gasteiger partial charge in [-0.1, -0.05) is 23.4 Å². The van der Waals surface area contributed by atoms with E-state index in [0.29, 0.717) is 16.0 Å². The average Bonchev–Trinajstić information content (AvgIpc) is 2.41. The van der Waals surface area contributed by atoms with Gasteiger partial charge in [-0.15, -0.1) is 0 Å². The molecule has 0 aliphatic rings. The summed E-state index contributed by atoms with van der Waals surface area (Å²) in [6.45, 7) is 0. The molecule has 0 aliphatic heterocycles. The molecule has 2 aromatic rings. The number of rotatable bonds is 4. The number of nitrogens with two attached hydrogens (primary N) is 1. The second-order valence-electron chi connectivity index (χ2n) is 3.14. The summed E-state index contributed by atoms with van der Waals surface area (Å²) in [6.07, 6.45) is 3.51. The highest BCUT2D eigenvalue weighted by molar-refractivity contribution is 7.99. The molecule has 0 amide bonds. The summed E-state index contributed by atoms with van der Waals surface area (Å²) in [4.78, 5) is 12.7. The van der Waals surface area contributed by atoms with Crippen LogP contribution in [0.2, 0.25) is 5.02 Å². The minimum atomic E-state index is 0.575. The normalized spacial score (nSPS) is 10.4. The van der Waals surface area contributed by atoms with Gasteiger partial charge in [-0.25, -0.2) is 20.8 Å². The molecule has 3 N–H and O–H groups in total. The Bertz CT molecular complexity index is 512. The average molecular weight is 300 g/mol. The van der Waals surface area contributed by atoms with E-state index in [0.717, 1.165) is 10.1 Å². The van der Waals surface area contributed by atoms with Crippen LogP contribution in [0.3, 0.4) is 0 Å². The third kappa shape index (κ3) is 3.49. The second kappa shape index (κ2) is 6.24. The first-order chi connectivity index (χ1) is 8.71. The summed E-state index contributed by atoms with van der Waals surface area (Å²) in [5.41, 5.74) is 2.52. The third-order valence-corrected chi connectivity index (χ3v) is 3.56. The van der Waals surface area contributed by atoms with Crippen molar-refractivity contribution in [3.63, 3.8) is 0 Å². The lowest BCUT2D eigenvalue weighted by molar-refractivity contribution is 0.891. The molecule has 5 nitrogen and oxygen atoms in total. The number of hydrogen-bond donors (Lipinski definition) is 2. The van der Waals surface area contributed by atoms with Crippen LogP contribution in [0, 0.1) is 0 Å². The summed E-state index contributed by atoms with van der Waals surface area (Å²) < 4.78 is 0. The Morgan fingerprint density at radius 2 is 2.11 bits per heavy atom. The number of hydrogen-bond acceptors (Lipinski definition) is 7. The van der Waals surface area contributed by atoms with E-state index in [2.05, 4.69) is 20.4 Å². The SMILES string of the molecule is CSc1nc(NN)cc(Sc2ccc(Cl)cn2)n1. The van der Waals surface area contributed by atoms with Crippen LogP contribution in [0.15, 0.2) is 39.6 Å². The summed E-state index contributed by atoms with van der Waals surface area (Å²) >= 11 is 8.66. The standard InChI is InChI=1S/C10H10ClN5S2/c1-17-10-14-7(16-12)4-9(15-10)18-8-3-2-6(11)5-13-8/h2-5H,12H2,1H3,(H,14,15,16). The van der Waals surface area contributed by atoms with Crippen LogP contribution in [-0.4, -0.2) is 21.2 Å². The Morgan fingerprint density at radius 1 is 1.28 bits per heavy atom. The molecule has 0 aromatic carbocycles. The Balaban J connectivity index is 2.25. The maximum Gasteiger partial charge on any atom is 0.190 e. The fraction of sp³-hybridized carbons (Fsp3) is 0.100. The van der Waals surface area contributed by atoms with Gasteiger partial charge in [0, 0.05) is 12.3 Å². The van der Waals surface area contributed by atoms with Crippen LogP contribution in [0.25, 0.3) is 0 Å². The number of halogens is 1. The van der Waals surface area contributed by atoms with E-state index in [1.165, 1.54) is 23.5 Å². The van der Waals surface area contributed by atoms with Gasteiger partial charge in [-0.05, 0) is 30.2 Å². The van der Waals surface area contributed by atoms with E-state index in [-0.39, 0.29) is 0 Å². The van der Waals surface area contributed by atoms with E-state index < -0.39 is 0 Å². The zero-order chi connectivity index (χ0) is 13.0. The van der Waals surface area contributed by atoms with Gasteiger partial charge < -0.3 is 5.43 Å². The van der Waals surface area contributed by atoms with Crippen molar-refractivity contribution in [3.8, 4) is 0 Å². The number of aromatic nitrogens is 3. The molecule has 2 heterocycles. The molecule has 18 heavy (non-hydrogen) atoms. The zero-order valence-electron chi connectivity index (χ0n) is 9.42. The highest BCUT2D eigenvalue weighted by Crippen LogP contribution is 2.27. The molecule has 0 atom stereocenters. The summed E-state index contributed by atoms with van der Waals surface area (Å²) in [6, 6.07) is 5.39. The molecular formula is C10H10ClN5S2. The van der Waals surface area contributed by atoms with Gasteiger partial charge in [0.1, 0.15) is 15.9 Å². The van der Waals surface area contributed by atoms with Crippen LogP contribution in [0.5, 0.6) is 0 Å². The molecule has 0 saturated carbocycles. The van der Waals surface area contributed by atoms with E-state index in [4.69, 9.17) is 17.4 Å². The Kier molecular flexibility index (Phi) is 4.65. The monoisotopic (exact) mass is 299 g/mol. The number of pyridine rings is 1. The van der Waals surface area contributed by atoms with Crippen molar-refractivity contribution < 1.29 is 0 Å². The molecule has 0 fully saturated rings. The molecular weight excluding hydrogens is 290 g/mol. The first-order valence-electron chi connectivity index (χ1n) is 4.90. The first kappa shape index (κ1) is 13.4. The number of nitrogens with one attached hydrogen (secondary N) is 1. The van der Waals surface area contributed by atoms with Crippen molar-refractivity contribution in [2.24, 2.45) is 5.84 Å². The number of nitrogen functional groups attached to an aromatic ring is 1. The molecule has 2 aromatic heterocycles. The van der Waals surface area contributed by atoms with Crippen LogP contribution >= 0.6 is 35.1 Å². The number of thioether (sulfide) groups is 1. The number of anilines is 1. The van der Waals surface area contributed by atoms with Crippen molar-refractivity contribution in [2.45, 2.75) is 15.2 Å². The third-order valence-electron chi connectivity index (χ3n) is 1.92. The molecule has 0 aliphatic carbocycles. The molecule has 0 unspecified atom stereocenters. The lowest BCUT2D eigenvalue weighted by Gasteiger charge is -2.05. The lowest BCUT2D eigenvalue weighted by atomic mass is 10.5. The summed E-state index contributed by atoms with van der Waals surface area (Å²) in [7, 11) is 0. The highest BCUT2D eigenvalue weighted by atomic mass is 35.5. The number of hydrazine groups is 1. The fourth-order valence-electron chi connectivity index (χ4n) is 1.15. The molecule has 0 radical (unpaired) electrons. The minimum absolute atomic E-state index is 0.575. The van der Waals surface area contributed by atoms with Gasteiger partial charge in [0.15, 0.2) is 5.16 Å². The van der Waals surface area contributed by atoms with Gasteiger partial charge in [0.05, 0.1) is 5.02 Å². The minimum Gasteiger partial charge on any atom is -0.308 e. The maximum atomic E-state index is 5.78. The second-order valence-corrected chi connectivity index (χ2v) is 5.39. The highest BCUT2D eigenvalue weighted by Gasteiger charge is 2.06. The van der Waals surface area contributed by atoms with Crippen molar-refractivity contribution in [3.05, 3.63) is 29.4 Å². The maximum absolute atomic E-state index is 5.78. The van der Waals surface area contributed by atoms with Gasteiger partial charge in [-0.2, -0.15) is 0 Å². The zero-order valence-corrected chi connectivity index (χ0v) is 11.8. The van der Waals surface area contributed by atoms with Crippen molar-refractivity contribution >= 4 is 40.9 Å².